The van der Waals surface area contributed by atoms with Crippen molar-refractivity contribution in [2.75, 3.05) is 23.7 Å². The standard InChI is InChI=1S/C54H86Br2N2O10/c1-29(35-9-11-37-49-39(25-43(61)53(35,37)5)51(3)17-15-33(67-47(65)27-55)21-31(51)23-41(49)59)7-13-45(63)57-19-20-58-46(64)14-8-30(2)36-10-12-38-50-40(26-44(62)54(36,38)6)52(4)18-16-34(68-48(66)28-56)22-32(52)24-42(50)60/h29-44,49-50,59-62H,7-28H2,1-6H3,(H,57,63)(H,58,64)/t29-,30-,31+,32+,33-,34-,35-,36-,37+,38+,39+,40+,41-,42-,43+,44+,49+,50+,51+,52+,53-,54-/m1/s1. The Bertz CT molecular complexity index is 1710. The van der Waals surface area contributed by atoms with Crippen molar-refractivity contribution in [2.45, 2.75) is 194 Å². The Labute approximate surface area is 423 Å². The Hall–Kier alpha value is -1.32. The minimum absolute atomic E-state index is 0.00812. The first-order chi connectivity index (χ1) is 32.2. The minimum atomic E-state index is -0.477. The van der Waals surface area contributed by atoms with Gasteiger partial charge in [0.1, 0.15) is 22.9 Å². The van der Waals surface area contributed by atoms with E-state index in [-0.39, 0.29) is 139 Å². The number of halogens is 2. The number of nitrogens with one attached hydrogen (secondary N) is 2. The number of hydrogen-bond acceptors (Lipinski definition) is 10. The van der Waals surface area contributed by atoms with E-state index in [1.165, 1.54) is 0 Å². The quantitative estimate of drug-likeness (QED) is 0.0535. The molecular formula is C54H86Br2N2O10. The minimum Gasteiger partial charge on any atom is -0.462 e. The van der Waals surface area contributed by atoms with Crippen LogP contribution in [0, 0.1) is 92.7 Å². The van der Waals surface area contributed by atoms with Crippen molar-refractivity contribution < 1.29 is 49.1 Å². The zero-order chi connectivity index (χ0) is 49.1. The SMILES string of the molecule is C[C@H](CCC(=O)NCCNC(=O)CC[C@@H](C)[C@H]1CC[C@H]2[C@@H]3[C@H](O)C[C@@H]4C[C@H](OC(=O)CBr)CC[C@]4(C)[C@H]3C[C@H](O)[C@]12C)[C@H]1CC[C@H]2[C@@H]3[C@H](O)C[C@@H]4C[C@H](OC(=O)CBr)CC[C@]4(C)[C@H]3C[C@H](O)[C@]12C. The van der Waals surface area contributed by atoms with Gasteiger partial charge in [0.15, 0.2) is 0 Å². The van der Waals surface area contributed by atoms with E-state index in [0.29, 0.717) is 64.5 Å². The molecule has 8 fully saturated rings. The Morgan fingerprint density at radius 3 is 1.31 bits per heavy atom. The fraction of sp³-hybridized carbons (Fsp3) is 0.926. The van der Waals surface area contributed by atoms with E-state index in [1.54, 1.807) is 0 Å². The lowest BCUT2D eigenvalue weighted by Gasteiger charge is -2.63. The van der Waals surface area contributed by atoms with Gasteiger partial charge in [-0.25, -0.2) is 0 Å². The van der Waals surface area contributed by atoms with Crippen LogP contribution in [0.2, 0.25) is 0 Å². The zero-order valence-corrected chi connectivity index (χ0v) is 45.1. The number of alkyl halides is 2. The molecule has 6 N–H and O–H groups in total. The highest BCUT2D eigenvalue weighted by molar-refractivity contribution is 9.09. The van der Waals surface area contributed by atoms with Crippen molar-refractivity contribution in [1.82, 2.24) is 10.6 Å². The van der Waals surface area contributed by atoms with Crippen LogP contribution in [-0.4, -0.2) is 105 Å². The van der Waals surface area contributed by atoms with Crippen molar-refractivity contribution in [3.8, 4) is 0 Å². The van der Waals surface area contributed by atoms with E-state index in [2.05, 4.69) is 84.0 Å². The van der Waals surface area contributed by atoms with Crippen molar-refractivity contribution in [3.63, 3.8) is 0 Å². The van der Waals surface area contributed by atoms with Gasteiger partial charge in [0.05, 0.1) is 24.4 Å². The second-order valence-corrected chi connectivity index (χ2v) is 26.1. The highest BCUT2D eigenvalue weighted by Gasteiger charge is 2.68. The summed E-state index contributed by atoms with van der Waals surface area (Å²) in [6, 6.07) is 0. The van der Waals surface area contributed by atoms with Gasteiger partial charge in [-0.05, 0) is 195 Å². The lowest BCUT2D eigenvalue weighted by atomic mass is 9.43. The molecule has 0 aromatic rings. The zero-order valence-electron chi connectivity index (χ0n) is 41.9. The highest BCUT2D eigenvalue weighted by Crippen LogP contribution is 2.70. The van der Waals surface area contributed by atoms with Gasteiger partial charge in [-0.3, -0.25) is 19.2 Å². The molecule has 0 heterocycles. The molecule has 8 rings (SSSR count). The number of aliphatic hydroxyl groups is 4. The Morgan fingerprint density at radius 1 is 0.559 bits per heavy atom. The molecule has 0 aromatic heterocycles. The number of ether oxygens (including phenoxy) is 2. The second-order valence-electron chi connectivity index (χ2n) is 25.0. The lowest BCUT2D eigenvalue weighted by Crippen LogP contribution is -2.62. The summed E-state index contributed by atoms with van der Waals surface area (Å²) in [5.41, 5.74) is -0.663. The first-order valence-corrected chi connectivity index (χ1v) is 29.2. The van der Waals surface area contributed by atoms with E-state index in [9.17, 15) is 39.6 Å². The maximum absolute atomic E-state index is 13.1. The molecule has 0 saturated heterocycles. The normalized spacial score (nSPS) is 46.8. The summed E-state index contributed by atoms with van der Waals surface area (Å²) in [5.74, 6) is 2.10. The van der Waals surface area contributed by atoms with Gasteiger partial charge >= 0.3 is 11.9 Å². The number of rotatable bonds is 15. The number of aliphatic hydroxyl groups excluding tert-OH is 4. The molecule has 22 atom stereocenters. The Morgan fingerprint density at radius 2 is 0.941 bits per heavy atom. The summed E-state index contributed by atoms with van der Waals surface area (Å²) >= 11 is 6.43. The summed E-state index contributed by atoms with van der Waals surface area (Å²) in [6.07, 6.45) is 11.9. The molecule has 14 heteroatoms. The van der Waals surface area contributed by atoms with Crippen LogP contribution >= 0.6 is 31.9 Å². The van der Waals surface area contributed by atoms with Crippen LogP contribution in [0.25, 0.3) is 0 Å². The summed E-state index contributed by atoms with van der Waals surface area (Å²) in [7, 11) is 0. The lowest BCUT2D eigenvalue weighted by molar-refractivity contribution is -0.209. The summed E-state index contributed by atoms with van der Waals surface area (Å²) in [6.45, 7) is 14.4. The van der Waals surface area contributed by atoms with Gasteiger partial charge < -0.3 is 40.5 Å². The molecule has 8 aliphatic rings. The smallest absolute Gasteiger partial charge is 0.316 e. The van der Waals surface area contributed by atoms with E-state index < -0.39 is 24.4 Å². The molecule has 0 aromatic carbocycles. The van der Waals surface area contributed by atoms with Gasteiger partial charge in [-0.1, -0.05) is 73.4 Å². The molecule has 0 bridgehead atoms. The molecule has 386 valence electrons. The van der Waals surface area contributed by atoms with Crippen LogP contribution in [0.5, 0.6) is 0 Å². The van der Waals surface area contributed by atoms with Gasteiger partial charge in [0.2, 0.25) is 11.8 Å². The maximum Gasteiger partial charge on any atom is 0.316 e. The van der Waals surface area contributed by atoms with Gasteiger partial charge in [-0.15, -0.1) is 0 Å². The first kappa shape index (κ1) is 53.0. The van der Waals surface area contributed by atoms with Crippen molar-refractivity contribution >= 4 is 55.6 Å². The molecule has 0 unspecified atom stereocenters. The number of hydrogen-bond donors (Lipinski definition) is 6. The molecule has 12 nitrogen and oxygen atoms in total. The predicted octanol–water partition coefficient (Wildman–Crippen LogP) is 7.87. The van der Waals surface area contributed by atoms with Crippen LogP contribution in [0.15, 0.2) is 0 Å². The number of carbonyl (C=O) groups excluding carboxylic acids is 4. The van der Waals surface area contributed by atoms with Crippen LogP contribution < -0.4 is 10.6 Å². The molecule has 2 amide bonds. The third kappa shape index (κ3) is 9.56. The second kappa shape index (κ2) is 20.9. The molecular weight excluding hydrogens is 996 g/mol. The number of carbonyl (C=O) groups is 4. The monoisotopic (exact) mass is 1080 g/mol. The van der Waals surface area contributed by atoms with Gasteiger partial charge in [-0.2, -0.15) is 0 Å². The Kier molecular flexibility index (Phi) is 16.3. The third-order valence-electron chi connectivity index (χ3n) is 22.2. The molecule has 68 heavy (non-hydrogen) atoms. The molecule has 0 radical (unpaired) electrons. The maximum atomic E-state index is 13.1. The molecule has 8 aliphatic carbocycles. The van der Waals surface area contributed by atoms with Crippen molar-refractivity contribution in [3.05, 3.63) is 0 Å². The Balaban J connectivity index is 0.760. The van der Waals surface area contributed by atoms with Crippen LogP contribution in [0.3, 0.4) is 0 Å². The first-order valence-electron chi connectivity index (χ1n) is 27.0. The van der Waals surface area contributed by atoms with Crippen LogP contribution in [-0.2, 0) is 28.7 Å². The average molecular weight is 1080 g/mol. The van der Waals surface area contributed by atoms with E-state index in [1.807, 2.05) is 0 Å². The van der Waals surface area contributed by atoms with Crippen molar-refractivity contribution in [1.29, 1.82) is 0 Å². The topological polar surface area (TPSA) is 192 Å². The third-order valence-corrected chi connectivity index (χ3v) is 23.2. The average Bonchev–Trinajstić information content (AvgIpc) is 3.86. The summed E-state index contributed by atoms with van der Waals surface area (Å²) in [4.78, 5) is 50.4. The van der Waals surface area contributed by atoms with Crippen molar-refractivity contribution in [2.24, 2.45) is 92.7 Å². The number of amides is 2. The fourth-order valence-corrected chi connectivity index (χ4v) is 18.8. The molecule has 8 saturated carbocycles. The predicted molar refractivity (Wildman–Crippen MR) is 266 cm³/mol. The highest BCUT2D eigenvalue weighted by atomic mass is 79.9. The van der Waals surface area contributed by atoms with E-state index in [4.69, 9.17) is 9.47 Å². The summed E-state index contributed by atoms with van der Waals surface area (Å²) < 4.78 is 11.5. The molecule has 0 spiro atoms. The summed E-state index contributed by atoms with van der Waals surface area (Å²) in [5, 5.41) is 54.2. The van der Waals surface area contributed by atoms with Crippen LogP contribution in [0.1, 0.15) is 157 Å². The van der Waals surface area contributed by atoms with E-state index in [0.717, 1.165) is 64.2 Å². The molecule has 0 aliphatic heterocycles. The van der Waals surface area contributed by atoms with Gasteiger partial charge in [0.25, 0.3) is 0 Å². The van der Waals surface area contributed by atoms with E-state index >= 15 is 0 Å². The fourth-order valence-electron chi connectivity index (χ4n) is 18.6. The largest absolute Gasteiger partial charge is 0.462 e. The van der Waals surface area contributed by atoms with Crippen LogP contribution in [0.4, 0.5) is 0 Å². The number of esters is 2. The number of fused-ring (bicyclic) bond motifs is 10. The van der Waals surface area contributed by atoms with Gasteiger partial charge in [0, 0.05) is 25.9 Å².